The number of allylic oxidation sites excluding steroid dienone is 8. The molecule has 0 unspecified atom stereocenters. The SMILES string of the molecule is CCCCC/C=C\C/C=C\C/C=C\C/C=C\CCCC(=O)OC[C@H](COC(=O)CCCCCCCCCCC)OC(=O)CCCCCCCCCCCCCCCCCC. The number of ether oxygens (including phenoxy) is 3. The van der Waals surface area contributed by atoms with E-state index in [9.17, 15) is 14.4 Å². The van der Waals surface area contributed by atoms with Crippen molar-refractivity contribution in [1.29, 1.82) is 0 Å². The monoisotopic (exact) mass is 841 g/mol. The van der Waals surface area contributed by atoms with Crippen molar-refractivity contribution in [2.24, 2.45) is 0 Å². The Morgan fingerprint density at radius 3 is 1.00 bits per heavy atom. The van der Waals surface area contributed by atoms with Crippen molar-refractivity contribution in [3.05, 3.63) is 48.6 Å². The molecule has 0 spiro atoms. The summed E-state index contributed by atoms with van der Waals surface area (Å²) in [5.74, 6) is -0.940. The first-order valence-corrected chi connectivity index (χ1v) is 25.6. The molecule has 0 aliphatic rings. The molecule has 0 aliphatic heterocycles. The molecular formula is C54H96O6. The second-order valence-electron chi connectivity index (χ2n) is 17.1. The first-order valence-electron chi connectivity index (χ1n) is 25.6. The maximum absolute atomic E-state index is 12.8. The summed E-state index contributed by atoms with van der Waals surface area (Å²) in [5, 5.41) is 0. The molecule has 0 aromatic heterocycles. The quantitative estimate of drug-likeness (QED) is 0.0263. The molecular weight excluding hydrogens is 745 g/mol. The van der Waals surface area contributed by atoms with Gasteiger partial charge in [-0.3, -0.25) is 14.4 Å². The minimum Gasteiger partial charge on any atom is -0.462 e. The van der Waals surface area contributed by atoms with Gasteiger partial charge in [-0.15, -0.1) is 0 Å². The predicted octanol–water partition coefficient (Wildman–Crippen LogP) is 16.7. The molecule has 0 amide bonds. The van der Waals surface area contributed by atoms with Gasteiger partial charge < -0.3 is 14.2 Å². The number of esters is 3. The molecule has 6 nitrogen and oxygen atoms in total. The third kappa shape index (κ3) is 46.4. The molecule has 0 aromatic carbocycles. The summed E-state index contributed by atoms with van der Waals surface area (Å²) < 4.78 is 16.7. The molecule has 0 saturated heterocycles. The lowest BCUT2D eigenvalue weighted by molar-refractivity contribution is -0.167. The van der Waals surface area contributed by atoms with Crippen LogP contribution in [-0.2, 0) is 28.6 Å². The van der Waals surface area contributed by atoms with Gasteiger partial charge in [-0.1, -0.05) is 230 Å². The summed E-state index contributed by atoms with van der Waals surface area (Å²) >= 11 is 0. The average Bonchev–Trinajstić information content (AvgIpc) is 3.24. The van der Waals surface area contributed by atoms with Gasteiger partial charge in [-0.2, -0.15) is 0 Å². The molecule has 0 aromatic rings. The number of rotatable bonds is 46. The highest BCUT2D eigenvalue weighted by molar-refractivity contribution is 5.71. The van der Waals surface area contributed by atoms with E-state index in [0.29, 0.717) is 19.3 Å². The Morgan fingerprint density at radius 2 is 0.617 bits per heavy atom. The Hall–Kier alpha value is -2.63. The Bertz CT molecular complexity index is 1060. The summed E-state index contributed by atoms with van der Waals surface area (Å²) in [7, 11) is 0. The van der Waals surface area contributed by atoms with Crippen LogP contribution in [0.5, 0.6) is 0 Å². The molecule has 0 saturated carbocycles. The third-order valence-corrected chi connectivity index (χ3v) is 11.1. The highest BCUT2D eigenvalue weighted by Crippen LogP contribution is 2.15. The molecule has 0 radical (unpaired) electrons. The number of carbonyl (C=O) groups is 3. The van der Waals surface area contributed by atoms with Gasteiger partial charge in [0.1, 0.15) is 13.2 Å². The van der Waals surface area contributed by atoms with Crippen LogP contribution in [0.15, 0.2) is 48.6 Å². The highest BCUT2D eigenvalue weighted by Gasteiger charge is 2.19. The minimum atomic E-state index is -0.789. The first-order chi connectivity index (χ1) is 29.5. The minimum absolute atomic E-state index is 0.0868. The molecule has 1 atom stereocenters. The van der Waals surface area contributed by atoms with Gasteiger partial charge in [-0.25, -0.2) is 0 Å². The van der Waals surface area contributed by atoms with E-state index in [1.165, 1.54) is 148 Å². The molecule has 60 heavy (non-hydrogen) atoms. The molecule has 0 heterocycles. The maximum Gasteiger partial charge on any atom is 0.306 e. The lowest BCUT2D eigenvalue weighted by Gasteiger charge is -2.18. The van der Waals surface area contributed by atoms with Gasteiger partial charge in [0.2, 0.25) is 0 Å². The second-order valence-corrected chi connectivity index (χ2v) is 17.1. The zero-order chi connectivity index (χ0) is 43.7. The summed E-state index contributed by atoms with van der Waals surface area (Å²) in [6.45, 7) is 6.56. The zero-order valence-corrected chi connectivity index (χ0v) is 39.7. The Balaban J connectivity index is 4.39. The second kappa shape index (κ2) is 49.0. The van der Waals surface area contributed by atoms with E-state index in [-0.39, 0.29) is 37.5 Å². The molecule has 348 valence electrons. The Labute approximate surface area is 371 Å². The summed E-state index contributed by atoms with van der Waals surface area (Å²) in [6, 6.07) is 0. The zero-order valence-electron chi connectivity index (χ0n) is 39.7. The molecule has 0 rings (SSSR count). The van der Waals surface area contributed by atoms with Crippen LogP contribution in [0, 0.1) is 0 Å². The van der Waals surface area contributed by atoms with Crippen molar-refractivity contribution in [2.75, 3.05) is 13.2 Å². The fourth-order valence-electron chi connectivity index (χ4n) is 7.20. The van der Waals surface area contributed by atoms with Gasteiger partial charge >= 0.3 is 17.9 Å². The summed E-state index contributed by atoms with van der Waals surface area (Å²) in [6.07, 6.45) is 58.2. The van der Waals surface area contributed by atoms with Crippen LogP contribution < -0.4 is 0 Å². The van der Waals surface area contributed by atoms with Crippen molar-refractivity contribution >= 4 is 17.9 Å². The third-order valence-electron chi connectivity index (χ3n) is 11.1. The largest absolute Gasteiger partial charge is 0.462 e. The number of hydrogen-bond acceptors (Lipinski definition) is 6. The van der Waals surface area contributed by atoms with Crippen molar-refractivity contribution in [2.45, 2.75) is 264 Å². The van der Waals surface area contributed by atoms with Gasteiger partial charge in [0, 0.05) is 19.3 Å². The van der Waals surface area contributed by atoms with Crippen LogP contribution in [0.25, 0.3) is 0 Å². The fourth-order valence-corrected chi connectivity index (χ4v) is 7.20. The van der Waals surface area contributed by atoms with Crippen LogP contribution in [0.4, 0.5) is 0 Å². The van der Waals surface area contributed by atoms with E-state index in [1.807, 2.05) is 0 Å². The van der Waals surface area contributed by atoms with E-state index in [0.717, 1.165) is 64.2 Å². The van der Waals surface area contributed by atoms with E-state index < -0.39 is 6.10 Å². The van der Waals surface area contributed by atoms with Crippen molar-refractivity contribution in [3.8, 4) is 0 Å². The van der Waals surface area contributed by atoms with E-state index in [1.54, 1.807) is 0 Å². The lowest BCUT2D eigenvalue weighted by Crippen LogP contribution is -2.30. The molecule has 0 N–H and O–H groups in total. The highest BCUT2D eigenvalue weighted by atomic mass is 16.6. The van der Waals surface area contributed by atoms with Crippen LogP contribution in [0.2, 0.25) is 0 Å². The van der Waals surface area contributed by atoms with Crippen molar-refractivity contribution < 1.29 is 28.6 Å². The lowest BCUT2D eigenvalue weighted by atomic mass is 10.0. The smallest absolute Gasteiger partial charge is 0.306 e. The summed E-state index contributed by atoms with van der Waals surface area (Å²) in [5.41, 5.74) is 0. The van der Waals surface area contributed by atoms with Gasteiger partial charge in [0.15, 0.2) is 6.10 Å². The van der Waals surface area contributed by atoms with Gasteiger partial charge in [0.25, 0.3) is 0 Å². The topological polar surface area (TPSA) is 78.9 Å². The van der Waals surface area contributed by atoms with Crippen molar-refractivity contribution in [3.63, 3.8) is 0 Å². The van der Waals surface area contributed by atoms with Crippen LogP contribution in [-0.4, -0.2) is 37.2 Å². The van der Waals surface area contributed by atoms with E-state index in [2.05, 4.69) is 69.4 Å². The van der Waals surface area contributed by atoms with Gasteiger partial charge in [-0.05, 0) is 57.8 Å². The Morgan fingerprint density at radius 1 is 0.333 bits per heavy atom. The average molecular weight is 841 g/mol. The predicted molar refractivity (Wildman–Crippen MR) is 256 cm³/mol. The van der Waals surface area contributed by atoms with Crippen LogP contribution in [0.1, 0.15) is 258 Å². The summed E-state index contributed by atoms with van der Waals surface area (Å²) in [4.78, 5) is 37.8. The molecule has 0 fully saturated rings. The van der Waals surface area contributed by atoms with Crippen LogP contribution in [0.3, 0.4) is 0 Å². The number of hydrogen-bond donors (Lipinski definition) is 0. The van der Waals surface area contributed by atoms with Crippen molar-refractivity contribution in [1.82, 2.24) is 0 Å². The van der Waals surface area contributed by atoms with E-state index >= 15 is 0 Å². The first kappa shape index (κ1) is 57.4. The maximum atomic E-state index is 12.8. The van der Waals surface area contributed by atoms with E-state index in [4.69, 9.17) is 14.2 Å². The number of carbonyl (C=O) groups excluding carboxylic acids is 3. The number of unbranched alkanes of at least 4 members (excludes halogenated alkanes) is 27. The van der Waals surface area contributed by atoms with Crippen LogP contribution >= 0.6 is 0 Å². The molecule has 0 bridgehead atoms. The molecule has 0 aliphatic carbocycles. The molecule has 6 heteroatoms. The Kier molecular flexibility index (Phi) is 46.9. The fraction of sp³-hybridized carbons (Fsp3) is 0.796. The standard InChI is InChI=1S/C54H96O6/c1-4-7-10-13-16-19-21-23-25-27-29-30-32-35-38-41-44-47-53(56)59-50-51(49-58-52(55)46-43-40-37-34-18-15-12-9-6-3)60-54(57)48-45-42-39-36-33-31-28-26-24-22-20-17-14-11-8-5-2/h16,19,23,25,29-30,35,38,51H,4-15,17-18,20-22,24,26-28,31-34,36-37,39-50H2,1-3H3/b19-16-,25-23-,30-29-,38-35-/t51-/m0/s1. The normalized spacial score (nSPS) is 12.4. The van der Waals surface area contributed by atoms with Gasteiger partial charge in [0.05, 0.1) is 0 Å².